The van der Waals surface area contributed by atoms with Gasteiger partial charge >= 0.3 is 0 Å². The fraction of sp³-hybridized carbons (Fsp3) is 0.462. The molecule has 0 aromatic heterocycles. The Morgan fingerprint density at radius 2 is 2.18 bits per heavy atom. The van der Waals surface area contributed by atoms with E-state index in [1.165, 1.54) is 18.2 Å². The molecule has 2 rings (SSSR count). The molecule has 0 saturated heterocycles. The minimum Gasteiger partial charge on any atom is -0.370 e. The van der Waals surface area contributed by atoms with E-state index >= 15 is 0 Å². The number of amides is 1. The fourth-order valence-corrected chi connectivity index (χ4v) is 2.19. The molecule has 4 heteroatoms. The molecule has 0 spiro atoms. The normalized spacial score (nSPS) is 16.5. The summed E-state index contributed by atoms with van der Waals surface area (Å²) in [5, 5.41) is 0. The van der Waals surface area contributed by atoms with Crippen molar-refractivity contribution in [3.05, 3.63) is 35.4 Å². The molecule has 92 valence electrons. The number of nitrogens with two attached hydrogens (primary N) is 1. The monoisotopic (exact) mass is 234 g/mol. The number of nitrogens with zero attached hydrogens (tertiary/aromatic N) is 1. The van der Waals surface area contributed by atoms with E-state index in [0.717, 1.165) is 13.0 Å². The summed E-state index contributed by atoms with van der Waals surface area (Å²) in [6.07, 6.45) is 0.392. The maximum atomic E-state index is 12.1. The second kappa shape index (κ2) is 5.29. The van der Waals surface area contributed by atoms with E-state index in [-0.39, 0.29) is 12.5 Å². The molecule has 1 aromatic carbocycles. The van der Waals surface area contributed by atoms with Crippen LogP contribution in [0.4, 0.5) is 0 Å². The number of carbonyl (C=O) groups excluding carboxylic acids is 1. The molecule has 17 heavy (non-hydrogen) atoms. The number of rotatable bonds is 3. The number of benzene rings is 1. The van der Waals surface area contributed by atoms with Crippen LogP contribution in [0.25, 0.3) is 0 Å². The molecule has 1 unspecified atom stereocenters. The Morgan fingerprint density at radius 1 is 1.47 bits per heavy atom. The van der Waals surface area contributed by atoms with Crippen LogP contribution in [0.15, 0.2) is 24.3 Å². The average Bonchev–Trinajstić information content (AvgIpc) is 2.39. The first-order valence-electron chi connectivity index (χ1n) is 5.84. The molecule has 1 aromatic rings. The van der Waals surface area contributed by atoms with Crippen LogP contribution in [0.5, 0.6) is 0 Å². The minimum atomic E-state index is -0.514. The summed E-state index contributed by atoms with van der Waals surface area (Å²) >= 11 is 0. The van der Waals surface area contributed by atoms with Crippen LogP contribution in [0.2, 0.25) is 0 Å². The molecule has 0 radical (unpaired) electrons. The number of methoxy groups -OCH3 is 1. The molecule has 1 aliphatic heterocycles. The van der Waals surface area contributed by atoms with E-state index in [1.807, 2.05) is 17.0 Å². The van der Waals surface area contributed by atoms with Crippen LogP contribution in [0.3, 0.4) is 0 Å². The van der Waals surface area contributed by atoms with Gasteiger partial charge < -0.3 is 15.4 Å². The first-order valence-corrected chi connectivity index (χ1v) is 5.84. The van der Waals surface area contributed by atoms with Crippen molar-refractivity contribution in [2.45, 2.75) is 19.1 Å². The number of hydrogen-bond acceptors (Lipinski definition) is 3. The van der Waals surface area contributed by atoms with Crippen molar-refractivity contribution < 1.29 is 9.53 Å². The molecule has 0 bridgehead atoms. The quantitative estimate of drug-likeness (QED) is 0.830. The lowest BCUT2D eigenvalue weighted by atomic mass is 9.99. The highest BCUT2D eigenvalue weighted by molar-refractivity contribution is 5.81. The maximum Gasteiger partial charge on any atom is 0.253 e. The van der Waals surface area contributed by atoms with Gasteiger partial charge in [0.25, 0.3) is 5.91 Å². The number of hydrogen-bond donors (Lipinski definition) is 1. The van der Waals surface area contributed by atoms with Gasteiger partial charge in [0.1, 0.15) is 6.10 Å². The SMILES string of the molecule is COC(CN)C(=O)N1CCc2ccccc2C1. The van der Waals surface area contributed by atoms with Crippen LogP contribution in [0.1, 0.15) is 11.1 Å². The highest BCUT2D eigenvalue weighted by atomic mass is 16.5. The highest BCUT2D eigenvalue weighted by Crippen LogP contribution is 2.19. The third-order valence-electron chi connectivity index (χ3n) is 3.22. The Kier molecular flexibility index (Phi) is 3.76. The molecule has 1 heterocycles. The second-order valence-corrected chi connectivity index (χ2v) is 4.24. The zero-order valence-electron chi connectivity index (χ0n) is 10.1. The van der Waals surface area contributed by atoms with Gasteiger partial charge in [0, 0.05) is 26.7 Å². The van der Waals surface area contributed by atoms with Gasteiger partial charge in [-0.15, -0.1) is 0 Å². The molecule has 4 nitrogen and oxygen atoms in total. The van der Waals surface area contributed by atoms with Gasteiger partial charge in [0.05, 0.1) is 0 Å². The summed E-state index contributed by atoms with van der Waals surface area (Å²) < 4.78 is 5.09. The summed E-state index contributed by atoms with van der Waals surface area (Å²) in [4.78, 5) is 13.9. The first kappa shape index (κ1) is 12.1. The zero-order valence-corrected chi connectivity index (χ0v) is 10.1. The Morgan fingerprint density at radius 3 is 2.82 bits per heavy atom. The summed E-state index contributed by atoms with van der Waals surface area (Å²) in [5.41, 5.74) is 8.07. The lowest BCUT2D eigenvalue weighted by molar-refractivity contribution is -0.142. The molecule has 2 N–H and O–H groups in total. The average molecular weight is 234 g/mol. The van der Waals surface area contributed by atoms with Gasteiger partial charge in [0.15, 0.2) is 0 Å². The van der Waals surface area contributed by atoms with Crippen molar-refractivity contribution in [1.29, 1.82) is 0 Å². The van der Waals surface area contributed by atoms with Crippen molar-refractivity contribution in [2.75, 3.05) is 20.2 Å². The lowest BCUT2D eigenvalue weighted by Gasteiger charge is -2.31. The van der Waals surface area contributed by atoms with Gasteiger partial charge in [-0.1, -0.05) is 24.3 Å². The third kappa shape index (κ3) is 2.48. The second-order valence-electron chi connectivity index (χ2n) is 4.24. The van der Waals surface area contributed by atoms with Crippen molar-refractivity contribution in [3.63, 3.8) is 0 Å². The molecule has 0 saturated carbocycles. The van der Waals surface area contributed by atoms with E-state index in [0.29, 0.717) is 6.54 Å². The van der Waals surface area contributed by atoms with E-state index in [4.69, 9.17) is 10.5 Å². The van der Waals surface area contributed by atoms with Gasteiger partial charge in [-0.05, 0) is 17.5 Å². The summed E-state index contributed by atoms with van der Waals surface area (Å²) in [6, 6.07) is 8.23. The lowest BCUT2D eigenvalue weighted by Crippen LogP contribution is -2.45. The Labute approximate surface area is 101 Å². The number of ether oxygens (including phenoxy) is 1. The smallest absolute Gasteiger partial charge is 0.253 e. The van der Waals surface area contributed by atoms with Crippen LogP contribution < -0.4 is 5.73 Å². The van der Waals surface area contributed by atoms with Crippen molar-refractivity contribution in [2.24, 2.45) is 5.73 Å². The van der Waals surface area contributed by atoms with Crippen molar-refractivity contribution in [1.82, 2.24) is 4.90 Å². The molecule has 0 aliphatic carbocycles. The standard InChI is InChI=1S/C13H18N2O2/c1-17-12(8-14)13(16)15-7-6-10-4-2-3-5-11(10)9-15/h2-5,12H,6-9,14H2,1H3. The van der Waals surface area contributed by atoms with Gasteiger partial charge in [-0.25, -0.2) is 0 Å². The molecule has 1 atom stereocenters. The fourth-order valence-electron chi connectivity index (χ4n) is 2.19. The van der Waals surface area contributed by atoms with Gasteiger partial charge in [0.2, 0.25) is 0 Å². The molecule has 0 fully saturated rings. The largest absolute Gasteiger partial charge is 0.370 e. The van der Waals surface area contributed by atoms with Gasteiger partial charge in [-0.2, -0.15) is 0 Å². The van der Waals surface area contributed by atoms with Crippen LogP contribution in [0, 0.1) is 0 Å². The van der Waals surface area contributed by atoms with Crippen molar-refractivity contribution >= 4 is 5.91 Å². The Balaban J connectivity index is 2.09. The minimum absolute atomic E-state index is 0.00972. The Hall–Kier alpha value is -1.39. The summed E-state index contributed by atoms with van der Waals surface area (Å²) in [6.45, 7) is 1.64. The maximum absolute atomic E-state index is 12.1. The predicted molar refractivity (Wildman–Crippen MR) is 65.4 cm³/mol. The van der Waals surface area contributed by atoms with E-state index < -0.39 is 6.10 Å². The topological polar surface area (TPSA) is 55.6 Å². The molecule has 1 aliphatic rings. The van der Waals surface area contributed by atoms with E-state index in [9.17, 15) is 4.79 Å². The number of carbonyl (C=O) groups is 1. The van der Waals surface area contributed by atoms with Crippen LogP contribution in [-0.2, 0) is 22.5 Å². The van der Waals surface area contributed by atoms with Crippen LogP contribution >= 0.6 is 0 Å². The molecular weight excluding hydrogens is 216 g/mol. The summed E-state index contributed by atoms with van der Waals surface area (Å²) in [5.74, 6) is -0.00972. The van der Waals surface area contributed by atoms with Crippen molar-refractivity contribution in [3.8, 4) is 0 Å². The number of fused-ring (bicyclic) bond motifs is 1. The third-order valence-corrected chi connectivity index (χ3v) is 3.22. The highest BCUT2D eigenvalue weighted by Gasteiger charge is 2.25. The Bertz CT molecular complexity index is 402. The first-order chi connectivity index (χ1) is 8.26. The molecular formula is C13H18N2O2. The van der Waals surface area contributed by atoms with Gasteiger partial charge in [-0.3, -0.25) is 4.79 Å². The van der Waals surface area contributed by atoms with E-state index in [1.54, 1.807) is 0 Å². The summed E-state index contributed by atoms with van der Waals surface area (Å²) in [7, 11) is 1.52. The molecule has 1 amide bonds. The zero-order chi connectivity index (χ0) is 12.3. The van der Waals surface area contributed by atoms with Crippen LogP contribution in [-0.4, -0.2) is 37.1 Å². The predicted octanol–water partition coefficient (Wildman–Crippen LogP) is 0.545. The van der Waals surface area contributed by atoms with E-state index in [2.05, 4.69) is 12.1 Å².